The van der Waals surface area contributed by atoms with Crippen LogP contribution in [0.2, 0.25) is 0 Å². The van der Waals surface area contributed by atoms with Gasteiger partial charge in [0.2, 0.25) is 0 Å². The summed E-state index contributed by atoms with van der Waals surface area (Å²) in [6.45, 7) is 5.93. The van der Waals surface area contributed by atoms with Crippen LogP contribution in [-0.2, 0) is 0 Å². The summed E-state index contributed by atoms with van der Waals surface area (Å²) in [5.41, 5.74) is 4.82. The van der Waals surface area contributed by atoms with E-state index < -0.39 is 0 Å². The number of nitrogens with zero attached hydrogens (tertiary/aromatic N) is 5. The quantitative estimate of drug-likeness (QED) is 0.624. The molecule has 126 valence electrons. The van der Waals surface area contributed by atoms with Gasteiger partial charge < -0.3 is 4.98 Å². The van der Waals surface area contributed by atoms with Gasteiger partial charge in [0, 0.05) is 34.8 Å². The van der Waals surface area contributed by atoms with Gasteiger partial charge >= 0.3 is 0 Å². The van der Waals surface area contributed by atoms with Crippen molar-refractivity contribution in [2.24, 2.45) is 0 Å². The van der Waals surface area contributed by atoms with Crippen molar-refractivity contribution >= 4 is 5.65 Å². The molecule has 0 unspecified atom stereocenters. The Morgan fingerprint density at radius 2 is 2.00 bits per heavy atom. The summed E-state index contributed by atoms with van der Waals surface area (Å²) in [5.74, 6) is 0.133. The largest absolute Gasteiger partial charge is 0.343 e. The van der Waals surface area contributed by atoms with Crippen molar-refractivity contribution in [3.05, 3.63) is 64.7 Å². The monoisotopic (exact) mass is 334 g/mol. The summed E-state index contributed by atoms with van der Waals surface area (Å²) in [6.07, 6.45) is 8.82. The summed E-state index contributed by atoms with van der Waals surface area (Å²) in [5, 5.41) is 8.67. The number of hydrogen-bond donors (Lipinski definition) is 1. The molecule has 0 saturated carbocycles. The molecule has 0 fully saturated rings. The van der Waals surface area contributed by atoms with Gasteiger partial charge in [-0.3, -0.25) is 9.78 Å². The van der Waals surface area contributed by atoms with Gasteiger partial charge in [-0.05, 0) is 25.0 Å². The standard InChI is InChI=1S/C18H18N6O/c1-11(2)16-12(3)22-17-15(9-21-24(17)18(16)25)13-7-20-23(10-13)14-5-4-6-19-8-14/h4-11,22H,1-3H3. The summed E-state index contributed by atoms with van der Waals surface area (Å²) in [7, 11) is 0. The Balaban J connectivity index is 1.86. The lowest BCUT2D eigenvalue weighted by Crippen LogP contribution is -2.22. The zero-order valence-electron chi connectivity index (χ0n) is 14.3. The minimum absolute atomic E-state index is 0.0767. The highest BCUT2D eigenvalue weighted by Crippen LogP contribution is 2.24. The Morgan fingerprint density at radius 1 is 1.16 bits per heavy atom. The van der Waals surface area contributed by atoms with Crippen molar-refractivity contribution in [3.63, 3.8) is 0 Å². The molecule has 4 rings (SSSR count). The second kappa shape index (κ2) is 5.70. The van der Waals surface area contributed by atoms with E-state index in [1.807, 2.05) is 39.1 Å². The Morgan fingerprint density at radius 3 is 2.72 bits per heavy atom. The van der Waals surface area contributed by atoms with Gasteiger partial charge in [0.05, 0.1) is 24.3 Å². The van der Waals surface area contributed by atoms with Crippen LogP contribution < -0.4 is 5.56 Å². The molecule has 0 spiro atoms. The van der Waals surface area contributed by atoms with Crippen LogP contribution in [0.3, 0.4) is 0 Å². The van der Waals surface area contributed by atoms with Gasteiger partial charge in [-0.2, -0.15) is 14.7 Å². The molecule has 0 atom stereocenters. The normalized spacial score (nSPS) is 11.5. The predicted octanol–water partition coefficient (Wildman–Crippen LogP) is 2.70. The van der Waals surface area contributed by atoms with Gasteiger partial charge in [0.25, 0.3) is 5.56 Å². The summed E-state index contributed by atoms with van der Waals surface area (Å²) in [6, 6.07) is 3.79. The number of rotatable bonds is 3. The van der Waals surface area contributed by atoms with Crippen LogP contribution in [0.5, 0.6) is 0 Å². The number of H-pyrrole nitrogens is 1. The van der Waals surface area contributed by atoms with Crippen LogP contribution in [0.15, 0.2) is 47.9 Å². The lowest BCUT2D eigenvalue weighted by molar-refractivity contribution is 0.780. The van der Waals surface area contributed by atoms with E-state index in [1.165, 1.54) is 4.52 Å². The molecule has 7 heteroatoms. The Bertz CT molecular complexity index is 1100. The van der Waals surface area contributed by atoms with E-state index in [1.54, 1.807) is 29.5 Å². The molecule has 25 heavy (non-hydrogen) atoms. The molecule has 0 amide bonds. The number of aromatic nitrogens is 6. The van der Waals surface area contributed by atoms with Crippen LogP contribution in [0.25, 0.3) is 22.5 Å². The van der Waals surface area contributed by atoms with Crippen LogP contribution in [0.4, 0.5) is 0 Å². The highest BCUT2D eigenvalue weighted by atomic mass is 16.1. The first kappa shape index (κ1) is 15.3. The fourth-order valence-electron chi connectivity index (χ4n) is 3.13. The first-order chi connectivity index (χ1) is 12.1. The molecule has 0 aliphatic rings. The molecule has 4 heterocycles. The van der Waals surface area contributed by atoms with E-state index in [9.17, 15) is 4.79 Å². The molecule has 0 bridgehead atoms. The zero-order valence-corrected chi connectivity index (χ0v) is 14.3. The van der Waals surface area contributed by atoms with Gasteiger partial charge in [-0.1, -0.05) is 13.8 Å². The number of aryl methyl sites for hydroxylation is 1. The molecule has 7 nitrogen and oxygen atoms in total. The van der Waals surface area contributed by atoms with Crippen molar-refractivity contribution in [3.8, 4) is 16.8 Å². The molecular weight excluding hydrogens is 316 g/mol. The fourth-order valence-corrected chi connectivity index (χ4v) is 3.13. The highest BCUT2D eigenvalue weighted by molar-refractivity contribution is 5.76. The molecule has 4 aromatic rings. The number of nitrogens with one attached hydrogen (secondary N) is 1. The van der Waals surface area contributed by atoms with E-state index in [4.69, 9.17) is 0 Å². The molecule has 0 aliphatic heterocycles. The summed E-state index contributed by atoms with van der Waals surface area (Å²) >= 11 is 0. The fraction of sp³-hybridized carbons (Fsp3) is 0.222. The zero-order chi connectivity index (χ0) is 17.6. The van der Waals surface area contributed by atoms with Gasteiger partial charge in [-0.15, -0.1) is 0 Å². The van der Waals surface area contributed by atoms with Crippen molar-refractivity contribution < 1.29 is 0 Å². The van der Waals surface area contributed by atoms with E-state index in [-0.39, 0.29) is 11.5 Å². The third-order valence-corrected chi connectivity index (χ3v) is 4.28. The average molecular weight is 334 g/mol. The van der Waals surface area contributed by atoms with Gasteiger partial charge in [0.15, 0.2) is 0 Å². The van der Waals surface area contributed by atoms with Crippen molar-refractivity contribution in [1.82, 2.24) is 29.4 Å². The minimum atomic E-state index is -0.0767. The van der Waals surface area contributed by atoms with E-state index >= 15 is 0 Å². The summed E-state index contributed by atoms with van der Waals surface area (Å²) < 4.78 is 3.18. The number of pyridine rings is 1. The van der Waals surface area contributed by atoms with Gasteiger partial charge in [0.1, 0.15) is 5.65 Å². The number of hydrogen-bond acceptors (Lipinski definition) is 4. The topological polar surface area (TPSA) is 80.9 Å². The smallest absolute Gasteiger partial charge is 0.278 e. The van der Waals surface area contributed by atoms with Crippen LogP contribution in [-0.4, -0.2) is 29.4 Å². The second-order valence-electron chi connectivity index (χ2n) is 6.33. The van der Waals surface area contributed by atoms with Crippen molar-refractivity contribution in [2.45, 2.75) is 26.7 Å². The van der Waals surface area contributed by atoms with E-state index in [2.05, 4.69) is 20.2 Å². The Kier molecular flexibility index (Phi) is 3.49. The molecule has 0 aliphatic carbocycles. The maximum absolute atomic E-state index is 12.7. The van der Waals surface area contributed by atoms with E-state index in [0.717, 1.165) is 28.1 Å². The van der Waals surface area contributed by atoms with Gasteiger partial charge in [-0.25, -0.2) is 4.68 Å². The van der Waals surface area contributed by atoms with Crippen LogP contribution in [0, 0.1) is 6.92 Å². The second-order valence-corrected chi connectivity index (χ2v) is 6.33. The van der Waals surface area contributed by atoms with Crippen molar-refractivity contribution in [2.75, 3.05) is 0 Å². The lowest BCUT2D eigenvalue weighted by Gasteiger charge is -2.09. The molecular formula is C18H18N6O. The maximum atomic E-state index is 12.7. The predicted molar refractivity (Wildman–Crippen MR) is 95.0 cm³/mol. The first-order valence-electron chi connectivity index (χ1n) is 8.12. The average Bonchev–Trinajstić information content (AvgIpc) is 3.22. The summed E-state index contributed by atoms with van der Waals surface area (Å²) in [4.78, 5) is 20.1. The molecule has 1 N–H and O–H groups in total. The van der Waals surface area contributed by atoms with Crippen LogP contribution in [0.1, 0.15) is 31.0 Å². The first-order valence-corrected chi connectivity index (χ1v) is 8.12. The number of aromatic amines is 1. The Hall–Kier alpha value is -3.22. The molecule has 4 aromatic heterocycles. The molecule has 0 radical (unpaired) electrons. The van der Waals surface area contributed by atoms with E-state index in [0.29, 0.717) is 5.65 Å². The minimum Gasteiger partial charge on any atom is -0.343 e. The third-order valence-electron chi connectivity index (χ3n) is 4.28. The maximum Gasteiger partial charge on any atom is 0.278 e. The lowest BCUT2D eigenvalue weighted by atomic mass is 10.0. The molecule has 0 aromatic carbocycles. The molecule has 0 saturated heterocycles. The van der Waals surface area contributed by atoms with Crippen molar-refractivity contribution in [1.29, 1.82) is 0 Å². The highest BCUT2D eigenvalue weighted by Gasteiger charge is 2.17. The Labute approximate surface area is 144 Å². The SMILES string of the molecule is Cc1[nH]c2c(-c3cnn(-c4cccnc4)c3)cnn2c(=O)c1C(C)C. The third kappa shape index (κ3) is 2.44. The van der Waals surface area contributed by atoms with Crippen LogP contribution >= 0.6 is 0 Å². The number of fused-ring (bicyclic) bond motifs is 1.